The summed E-state index contributed by atoms with van der Waals surface area (Å²) in [5, 5.41) is 2.09. The van der Waals surface area contributed by atoms with Crippen molar-refractivity contribution in [3.8, 4) is 0 Å². The highest BCUT2D eigenvalue weighted by Crippen LogP contribution is 2.01. The normalized spacial score (nSPS) is 26.2. The molecule has 5 nitrogen and oxygen atoms in total. The van der Waals surface area contributed by atoms with Crippen molar-refractivity contribution in [2.45, 2.75) is 19.1 Å². The molecule has 2 amide bonds. The van der Waals surface area contributed by atoms with Crippen LogP contribution in [0.25, 0.3) is 0 Å². The van der Waals surface area contributed by atoms with E-state index in [0.717, 1.165) is 0 Å². The van der Waals surface area contributed by atoms with Crippen LogP contribution in [0, 0.1) is 0 Å². The Morgan fingerprint density at radius 3 is 2.67 bits per heavy atom. The van der Waals surface area contributed by atoms with Crippen LogP contribution in [0.2, 0.25) is 0 Å². The van der Waals surface area contributed by atoms with Gasteiger partial charge in [-0.2, -0.15) is 4.99 Å². The number of carbonyl (C=O) groups excluding carboxylic acids is 2. The number of nitrogens with one attached hydrogen (secondary N) is 1. The maximum atomic E-state index is 12.5. The van der Waals surface area contributed by atoms with Crippen LogP contribution < -0.4 is 11.1 Å². The highest BCUT2D eigenvalue weighted by Gasteiger charge is 2.32. The number of nitrogens with two attached hydrogens (primary N) is 1. The Hall–Kier alpha value is -1.30. The summed E-state index contributed by atoms with van der Waals surface area (Å²) in [7, 11) is 0. The van der Waals surface area contributed by atoms with E-state index < -0.39 is 24.0 Å². The van der Waals surface area contributed by atoms with E-state index in [1.165, 1.54) is 6.92 Å². The van der Waals surface area contributed by atoms with Crippen molar-refractivity contribution in [1.82, 2.24) is 5.32 Å². The first-order valence-corrected chi connectivity index (χ1v) is 3.35. The number of rotatable bonds is 1. The minimum atomic E-state index is -2.19. The summed E-state index contributed by atoms with van der Waals surface area (Å²) in [6.07, 6.45) is -2.19. The van der Waals surface area contributed by atoms with Gasteiger partial charge in [-0.25, -0.2) is 4.39 Å². The van der Waals surface area contributed by atoms with E-state index in [2.05, 4.69) is 10.3 Å². The quantitative estimate of drug-likeness (QED) is 0.485. The van der Waals surface area contributed by atoms with Crippen LogP contribution in [-0.4, -0.2) is 29.9 Å². The van der Waals surface area contributed by atoms with Crippen LogP contribution >= 0.6 is 0 Å². The van der Waals surface area contributed by atoms with Crippen LogP contribution in [-0.2, 0) is 9.59 Å². The van der Waals surface area contributed by atoms with Gasteiger partial charge in [0.15, 0.2) is 0 Å². The number of alkyl halides is 1. The first kappa shape index (κ1) is 8.79. The van der Waals surface area contributed by atoms with E-state index in [9.17, 15) is 14.0 Å². The van der Waals surface area contributed by atoms with Crippen molar-refractivity contribution in [3.05, 3.63) is 0 Å². The Bertz CT molecular complexity index is 262. The van der Waals surface area contributed by atoms with E-state index in [-0.39, 0.29) is 5.84 Å². The third kappa shape index (κ3) is 1.48. The first-order chi connectivity index (χ1) is 5.52. The molecule has 0 radical (unpaired) electrons. The number of aliphatic imine (C=N–C) groups is 1. The molecule has 0 aromatic rings. The molecule has 0 saturated carbocycles. The van der Waals surface area contributed by atoms with Gasteiger partial charge >= 0.3 is 0 Å². The summed E-state index contributed by atoms with van der Waals surface area (Å²) in [4.78, 5) is 24.6. The van der Waals surface area contributed by atoms with Gasteiger partial charge < -0.3 is 11.1 Å². The lowest BCUT2D eigenvalue weighted by Crippen LogP contribution is -2.51. The van der Waals surface area contributed by atoms with Gasteiger partial charge in [-0.1, -0.05) is 0 Å². The Morgan fingerprint density at radius 1 is 1.67 bits per heavy atom. The maximum Gasteiger partial charge on any atom is 0.291 e. The van der Waals surface area contributed by atoms with E-state index in [1.807, 2.05) is 0 Å². The molecule has 2 atom stereocenters. The van der Waals surface area contributed by atoms with Crippen molar-refractivity contribution in [1.29, 1.82) is 0 Å². The number of nitrogens with zero attached hydrogens (tertiary/aromatic N) is 1. The number of amides is 2. The van der Waals surface area contributed by atoms with Crippen molar-refractivity contribution >= 4 is 17.6 Å². The minimum Gasteiger partial charge on any atom is -0.322 e. The van der Waals surface area contributed by atoms with Gasteiger partial charge in [-0.3, -0.25) is 9.59 Å². The lowest BCUT2D eigenvalue weighted by molar-refractivity contribution is -0.134. The molecule has 0 aromatic carbocycles. The van der Waals surface area contributed by atoms with Gasteiger partial charge in [0.1, 0.15) is 5.84 Å². The second-order valence-electron chi connectivity index (χ2n) is 2.48. The number of hydrogen-bond donors (Lipinski definition) is 2. The summed E-state index contributed by atoms with van der Waals surface area (Å²) in [6, 6.07) is -0.578. The van der Waals surface area contributed by atoms with Gasteiger partial charge in [-0.15, -0.1) is 0 Å². The lowest BCUT2D eigenvalue weighted by Gasteiger charge is -2.16. The molecule has 0 bridgehead atoms. The standard InChI is InChI=1S/C6H8FN3O2/c1-2(8)4-9-5(11)3(7)6(12)10-4/h2-3H,8H2,1H3,(H,9,10,11,12). The van der Waals surface area contributed by atoms with Crippen LogP contribution in [0.15, 0.2) is 4.99 Å². The summed E-state index contributed by atoms with van der Waals surface area (Å²) in [6.45, 7) is 1.53. The average Bonchev–Trinajstić information content (AvgIpc) is 1.99. The van der Waals surface area contributed by atoms with Gasteiger partial charge in [0.25, 0.3) is 18.0 Å². The maximum absolute atomic E-state index is 12.5. The molecule has 0 spiro atoms. The highest BCUT2D eigenvalue weighted by molar-refractivity contribution is 6.18. The fourth-order valence-electron chi connectivity index (χ4n) is 0.721. The van der Waals surface area contributed by atoms with E-state index in [1.54, 1.807) is 0 Å². The number of amidine groups is 1. The topological polar surface area (TPSA) is 84.5 Å². The van der Waals surface area contributed by atoms with Crippen molar-refractivity contribution in [2.75, 3.05) is 0 Å². The smallest absolute Gasteiger partial charge is 0.291 e. The molecule has 6 heteroatoms. The molecule has 66 valence electrons. The third-order valence-electron chi connectivity index (χ3n) is 1.36. The van der Waals surface area contributed by atoms with E-state index >= 15 is 0 Å². The second-order valence-corrected chi connectivity index (χ2v) is 2.48. The minimum absolute atomic E-state index is 0.0129. The number of carbonyl (C=O) groups is 2. The van der Waals surface area contributed by atoms with Gasteiger partial charge in [0.05, 0.1) is 6.04 Å². The van der Waals surface area contributed by atoms with Crippen LogP contribution in [0.5, 0.6) is 0 Å². The fourth-order valence-corrected chi connectivity index (χ4v) is 0.721. The Balaban J connectivity index is 2.89. The summed E-state index contributed by atoms with van der Waals surface area (Å²) in [5.41, 5.74) is 5.32. The van der Waals surface area contributed by atoms with Gasteiger partial charge in [0.2, 0.25) is 0 Å². The Kier molecular flexibility index (Phi) is 2.18. The van der Waals surface area contributed by atoms with Crippen LogP contribution in [0.1, 0.15) is 6.92 Å². The molecule has 1 aliphatic heterocycles. The number of halogens is 1. The largest absolute Gasteiger partial charge is 0.322 e. The van der Waals surface area contributed by atoms with E-state index in [4.69, 9.17) is 5.73 Å². The SMILES string of the molecule is CC(N)C1=NC(=O)C(F)C(=O)N1. The fraction of sp³-hybridized carbons (Fsp3) is 0.500. The molecule has 0 aromatic heterocycles. The second kappa shape index (κ2) is 2.98. The summed E-state index contributed by atoms with van der Waals surface area (Å²) in [5.74, 6) is -2.08. The predicted molar refractivity (Wildman–Crippen MR) is 39.1 cm³/mol. The molecule has 12 heavy (non-hydrogen) atoms. The molecule has 0 saturated heterocycles. The predicted octanol–water partition coefficient (Wildman–Crippen LogP) is -1.27. The Morgan fingerprint density at radius 2 is 2.25 bits per heavy atom. The first-order valence-electron chi connectivity index (χ1n) is 3.35. The molecular weight excluding hydrogens is 165 g/mol. The molecule has 1 heterocycles. The van der Waals surface area contributed by atoms with Crippen molar-refractivity contribution in [3.63, 3.8) is 0 Å². The van der Waals surface area contributed by atoms with Crippen LogP contribution in [0.3, 0.4) is 0 Å². The molecule has 1 rings (SSSR count). The zero-order valence-corrected chi connectivity index (χ0v) is 6.37. The van der Waals surface area contributed by atoms with Crippen molar-refractivity contribution in [2.24, 2.45) is 10.7 Å². The van der Waals surface area contributed by atoms with E-state index in [0.29, 0.717) is 0 Å². The molecule has 0 aliphatic carbocycles. The molecule has 2 unspecified atom stereocenters. The molecule has 1 aliphatic rings. The lowest BCUT2D eigenvalue weighted by atomic mass is 10.2. The third-order valence-corrected chi connectivity index (χ3v) is 1.36. The van der Waals surface area contributed by atoms with Crippen molar-refractivity contribution < 1.29 is 14.0 Å². The summed E-state index contributed by atoms with van der Waals surface area (Å²) < 4.78 is 12.5. The average molecular weight is 173 g/mol. The van der Waals surface area contributed by atoms with Gasteiger partial charge in [-0.05, 0) is 6.92 Å². The molecule has 0 fully saturated rings. The summed E-state index contributed by atoms with van der Waals surface area (Å²) >= 11 is 0. The Labute approximate surface area is 67.8 Å². The zero-order valence-electron chi connectivity index (χ0n) is 6.37. The molecule has 3 N–H and O–H groups in total. The zero-order chi connectivity index (χ0) is 9.30. The number of hydrogen-bond acceptors (Lipinski definition) is 3. The molecular formula is C6H8FN3O2. The van der Waals surface area contributed by atoms with Gasteiger partial charge in [0, 0.05) is 0 Å². The van der Waals surface area contributed by atoms with Crippen LogP contribution in [0.4, 0.5) is 4.39 Å². The highest BCUT2D eigenvalue weighted by atomic mass is 19.1. The monoisotopic (exact) mass is 173 g/mol.